The third-order valence-corrected chi connectivity index (χ3v) is 6.43. The van der Waals surface area contributed by atoms with Crippen LogP contribution in [-0.2, 0) is 16.0 Å². The number of hydrogen-bond acceptors (Lipinski definition) is 7. The molecule has 1 aromatic rings. The lowest BCUT2D eigenvalue weighted by molar-refractivity contribution is 0.00600. The molecule has 0 aromatic carbocycles. The third-order valence-electron chi connectivity index (χ3n) is 6.43. The molecule has 8 heteroatoms. The van der Waals surface area contributed by atoms with Crippen LogP contribution in [-0.4, -0.2) is 70.0 Å². The van der Waals surface area contributed by atoms with Gasteiger partial charge in [0, 0.05) is 31.7 Å². The Morgan fingerprint density at radius 2 is 1.83 bits per heavy atom. The number of likely N-dealkylation sites (tertiary alicyclic amines) is 2. The van der Waals surface area contributed by atoms with Crippen LogP contribution in [0.2, 0.25) is 0 Å². The van der Waals surface area contributed by atoms with Gasteiger partial charge in [-0.05, 0) is 65.8 Å². The molecule has 0 saturated carbocycles. The molecule has 4 rings (SSSR count). The molecule has 168 valence electrons. The molecule has 0 radical (unpaired) electrons. The Morgan fingerprint density at radius 3 is 2.60 bits per heavy atom. The summed E-state index contributed by atoms with van der Waals surface area (Å²) < 4.78 is 16.7. The number of carbonyl (C=O) groups is 1. The minimum atomic E-state index is -0.471. The van der Waals surface area contributed by atoms with Crippen molar-refractivity contribution in [3.63, 3.8) is 0 Å². The van der Waals surface area contributed by atoms with E-state index in [9.17, 15) is 4.79 Å². The largest absolute Gasteiger partial charge is 0.444 e. The van der Waals surface area contributed by atoms with Crippen molar-refractivity contribution in [1.29, 1.82) is 0 Å². The number of rotatable bonds is 4. The topological polar surface area (TPSA) is 80.9 Å². The Hall–Kier alpha value is -1.67. The molecule has 1 aromatic heterocycles. The Labute approximate surface area is 179 Å². The molecule has 0 aliphatic carbocycles. The second-order valence-corrected chi connectivity index (χ2v) is 9.85. The molecular formula is C22H36N4O4. The van der Waals surface area contributed by atoms with E-state index in [0.29, 0.717) is 18.5 Å². The standard InChI is InChI=1S/C22H36N4O4/c1-22(2,3)29-21(27)26-12-6-8-18(26)17-7-4-5-11-25(17)15-19-23-20(30-24-19)16-9-13-28-14-10-16/h16-18H,4-15H2,1-3H3. The Morgan fingerprint density at radius 1 is 1.07 bits per heavy atom. The smallest absolute Gasteiger partial charge is 0.410 e. The molecule has 3 aliphatic rings. The van der Waals surface area contributed by atoms with Gasteiger partial charge < -0.3 is 18.9 Å². The van der Waals surface area contributed by atoms with E-state index in [0.717, 1.165) is 70.1 Å². The molecular weight excluding hydrogens is 384 g/mol. The lowest BCUT2D eigenvalue weighted by Crippen LogP contribution is -2.53. The van der Waals surface area contributed by atoms with Gasteiger partial charge in [0.2, 0.25) is 5.89 Å². The number of aromatic nitrogens is 2. The van der Waals surface area contributed by atoms with Crippen molar-refractivity contribution in [2.24, 2.45) is 0 Å². The highest BCUT2D eigenvalue weighted by atomic mass is 16.6. The average molecular weight is 421 g/mol. The van der Waals surface area contributed by atoms with E-state index in [1.807, 2.05) is 25.7 Å². The maximum atomic E-state index is 12.8. The predicted molar refractivity (Wildman–Crippen MR) is 111 cm³/mol. The summed E-state index contributed by atoms with van der Waals surface area (Å²) in [5.74, 6) is 1.82. The fourth-order valence-electron chi connectivity index (χ4n) is 5.01. The quantitative estimate of drug-likeness (QED) is 0.734. The van der Waals surface area contributed by atoms with Crippen LogP contribution in [0.4, 0.5) is 4.79 Å². The van der Waals surface area contributed by atoms with Gasteiger partial charge in [-0.2, -0.15) is 4.98 Å². The highest BCUT2D eigenvalue weighted by Crippen LogP contribution is 2.32. The van der Waals surface area contributed by atoms with Gasteiger partial charge in [0.1, 0.15) is 5.60 Å². The van der Waals surface area contributed by atoms with Crippen LogP contribution < -0.4 is 0 Å². The van der Waals surface area contributed by atoms with E-state index in [2.05, 4.69) is 10.1 Å². The Balaban J connectivity index is 1.42. The van der Waals surface area contributed by atoms with Crippen molar-refractivity contribution in [1.82, 2.24) is 19.9 Å². The van der Waals surface area contributed by atoms with Crippen LogP contribution in [0.15, 0.2) is 4.52 Å². The molecule has 30 heavy (non-hydrogen) atoms. The van der Waals surface area contributed by atoms with Crippen molar-refractivity contribution in [3.05, 3.63) is 11.7 Å². The van der Waals surface area contributed by atoms with E-state index in [1.54, 1.807) is 0 Å². The first-order chi connectivity index (χ1) is 14.4. The molecule has 2 atom stereocenters. The number of nitrogens with zero attached hydrogens (tertiary/aromatic N) is 4. The number of hydrogen-bond donors (Lipinski definition) is 0. The number of piperidine rings is 1. The van der Waals surface area contributed by atoms with E-state index >= 15 is 0 Å². The van der Waals surface area contributed by atoms with E-state index < -0.39 is 5.60 Å². The van der Waals surface area contributed by atoms with Crippen LogP contribution in [0.3, 0.4) is 0 Å². The summed E-state index contributed by atoms with van der Waals surface area (Å²) in [6, 6.07) is 0.515. The van der Waals surface area contributed by atoms with Crippen molar-refractivity contribution in [3.8, 4) is 0 Å². The molecule has 1 amide bonds. The zero-order valence-corrected chi connectivity index (χ0v) is 18.6. The fraction of sp³-hybridized carbons (Fsp3) is 0.864. The minimum absolute atomic E-state index is 0.183. The SMILES string of the molecule is CC(C)(C)OC(=O)N1CCCC1C1CCCCN1Cc1noc(C2CCOCC2)n1. The summed E-state index contributed by atoms with van der Waals surface area (Å²) in [6.07, 6.45) is 7.22. The zero-order valence-electron chi connectivity index (χ0n) is 18.6. The normalized spacial score (nSPS) is 26.8. The van der Waals surface area contributed by atoms with Crippen LogP contribution in [0.1, 0.15) is 83.3 Å². The summed E-state index contributed by atoms with van der Waals surface area (Å²) in [6.45, 7) is 9.76. The monoisotopic (exact) mass is 420 g/mol. The van der Waals surface area contributed by atoms with Gasteiger partial charge in [0.15, 0.2) is 5.82 Å². The summed E-state index contributed by atoms with van der Waals surface area (Å²) in [5, 5.41) is 4.28. The summed E-state index contributed by atoms with van der Waals surface area (Å²) in [5.41, 5.74) is -0.471. The second kappa shape index (κ2) is 9.22. The molecule has 8 nitrogen and oxygen atoms in total. The third kappa shape index (κ3) is 5.14. The van der Waals surface area contributed by atoms with E-state index in [4.69, 9.17) is 19.0 Å². The predicted octanol–water partition coefficient (Wildman–Crippen LogP) is 3.72. The second-order valence-electron chi connectivity index (χ2n) is 9.85. The molecule has 3 aliphatic heterocycles. The highest BCUT2D eigenvalue weighted by Gasteiger charge is 2.40. The molecule has 4 heterocycles. The minimum Gasteiger partial charge on any atom is -0.444 e. The van der Waals surface area contributed by atoms with Crippen molar-refractivity contribution in [2.75, 3.05) is 26.3 Å². The molecule has 2 unspecified atom stereocenters. The first-order valence-corrected chi connectivity index (χ1v) is 11.5. The molecule has 3 fully saturated rings. The summed E-state index contributed by atoms with van der Waals surface area (Å²) >= 11 is 0. The van der Waals surface area contributed by atoms with Crippen molar-refractivity contribution in [2.45, 2.75) is 95.9 Å². The number of amides is 1. The van der Waals surface area contributed by atoms with Crippen LogP contribution >= 0.6 is 0 Å². The van der Waals surface area contributed by atoms with Gasteiger partial charge >= 0.3 is 6.09 Å². The van der Waals surface area contributed by atoms with Crippen LogP contribution in [0, 0.1) is 0 Å². The van der Waals surface area contributed by atoms with Gasteiger partial charge in [-0.15, -0.1) is 0 Å². The lowest BCUT2D eigenvalue weighted by atomic mass is 9.94. The maximum absolute atomic E-state index is 12.8. The Bertz CT molecular complexity index is 710. The van der Waals surface area contributed by atoms with E-state index in [-0.39, 0.29) is 12.1 Å². The maximum Gasteiger partial charge on any atom is 0.410 e. The summed E-state index contributed by atoms with van der Waals surface area (Å²) in [4.78, 5) is 21.9. The summed E-state index contributed by atoms with van der Waals surface area (Å²) in [7, 11) is 0. The van der Waals surface area contributed by atoms with Crippen molar-refractivity contribution < 1.29 is 18.8 Å². The van der Waals surface area contributed by atoms with Gasteiger partial charge in [0.25, 0.3) is 0 Å². The van der Waals surface area contributed by atoms with Gasteiger partial charge in [-0.3, -0.25) is 4.90 Å². The Kier molecular flexibility index (Phi) is 6.63. The van der Waals surface area contributed by atoms with Gasteiger partial charge in [-0.1, -0.05) is 11.6 Å². The fourth-order valence-corrected chi connectivity index (χ4v) is 5.01. The molecule has 0 spiro atoms. The van der Waals surface area contributed by atoms with Crippen LogP contribution in [0.25, 0.3) is 0 Å². The molecule has 0 bridgehead atoms. The molecule has 0 N–H and O–H groups in total. The number of carbonyl (C=O) groups excluding carboxylic acids is 1. The van der Waals surface area contributed by atoms with Gasteiger partial charge in [-0.25, -0.2) is 4.79 Å². The van der Waals surface area contributed by atoms with Crippen LogP contribution in [0.5, 0.6) is 0 Å². The van der Waals surface area contributed by atoms with E-state index in [1.165, 1.54) is 12.8 Å². The average Bonchev–Trinajstić information content (AvgIpc) is 3.38. The first-order valence-electron chi connectivity index (χ1n) is 11.5. The van der Waals surface area contributed by atoms with Gasteiger partial charge in [0.05, 0.1) is 12.6 Å². The first kappa shape index (κ1) is 21.6. The highest BCUT2D eigenvalue weighted by molar-refractivity contribution is 5.69. The zero-order chi connectivity index (χ0) is 21.1. The lowest BCUT2D eigenvalue weighted by Gasteiger charge is -2.41. The van der Waals surface area contributed by atoms with Crippen molar-refractivity contribution >= 4 is 6.09 Å². The number of ether oxygens (including phenoxy) is 2. The molecule has 3 saturated heterocycles.